The number of amides is 1. The molecule has 0 spiro atoms. The van der Waals surface area contributed by atoms with E-state index in [1.165, 1.54) is 0 Å². The monoisotopic (exact) mass is 289 g/mol. The first-order chi connectivity index (χ1) is 9.78. The highest BCUT2D eigenvalue weighted by Crippen LogP contribution is 2.25. The lowest BCUT2D eigenvalue weighted by atomic mass is 10.1. The molecule has 1 aliphatic rings. The number of carbonyl (C=O) groups is 1. The molecule has 1 aromatic carbocycles. The summed E-state index contributed by atoms with van der Waals surface area (Å²) in [5, 5.41) is 9.04. The Morgan fingerprint density at radius 2 is 2.10 bits per heavy atom. The van der Waals surface area contributed by atoms with Crippen molar-refractivity contribution in [3.8, 4) is 11.8 Å². The van der Waals surface area contributed by atoms with Gasteiger partial charge in [-0.1, -0.05) is 0 Å². The number of likely N-dealkylation sites (tertiary alicyclic amines) is 1. The van der Waals surface area contributed by atoms with Gasteiger partial charge in [-0.15, -0.1) is 0 Å². The molecule has 6 nitrogen and oxygen atoms in total. The van der Waals surface area contributed by atoms with E-state index >= 15 is 0 Å². The van der Waals surface area contributed by atoms with E-state index in [9.17, 15) is 4.79 Å². The maximum Gasteiger partial charge on any atom is 0.410 e. The van der Waals surface area contributed by atoms with E-state index < -0.39 is 5.60 Å². The van der Waals surface area contributed by atoms with Crippen LogP contribution in [0.2, 0.25) is 0 Å². The van der Waals surface area contributed by atoms with Gasteiger partial charge in [0.2, 0.25) is 0 Å². The van der Waals surface area contributed by atoms with Crippen molar-refractivity contribution < 1.29 is 14.3 Å². The Hall–Kier alpha value is -2.42. The number of nitrogen functional groups attached to an aromatic ring is 1. The Bertz CT molecular complexity index is 581. The van der Waals surface area contributed by atoms with Gasteiger partial charge in [-0.25, -0.2) is 4.79 Å². The topological polar surface area (TPSA) is 88.6 Å². The molecule has 1 saturated heterocycles. The van der Waals surface area contributed by atoms with Gasteiger partial charge in [-0.05, 0) is 39.0 Å². The predicted octanol–water partition coefficient (Wildman–Crippen LogP) is 2.14. The Balaban J connectivity index is 1.89. The van der Waals surface area contributed by atoms with E-state index in [2.05, 4.69) is 0 Å². The molecule has 112 valence electrons. The number of rotatable bonds is 2. The summed E-state index contributed by atoms with van der Waals surface area (Å²) >= 11 is 0. The number of nitrogens with zero attached hydrogens (tertiary/aromatic N) is 2. The van der Waals surface area contributed by atoms with Gasteiger partial charge < -0.3 is 20.1 Å². The summed E-state index contributed by atoms with van der Waals surface area (Å²) in [6, 6.07) is 6.97. The Morgan fingerprint density at radius 3 is 2.67 bits per heavy atom. The minimum atomic E-state index is -0.506. The number of nitriles is 1. The SMILES string of the molecule is CC(C)(C)OC(=O)N1CC(Oc2ccc(N)cc2C#N)C1. The lowest BCUT2D eigenvalue weighted by Crippen LogP contribution is -2.57. The van der Waals surface area contributed by atoms with Gasteiger partial charge in [-0.3, -0.25) is 0 Å². The minimum Gasteiger partial charge on any atom is -0.485 e. The van der Waals surface area contributed by atoms with Crippen molar-refractivity contribution in [1.82, 2.24) is 4.90 Å². The van der Waals surface area contributed by atoms with Gasteiger partial charge >= 0.3 is 6.09 Å². The molecule has 1 amide bonds. The third kappa shape index (κ3) is 3.78. The normalized spacial score (nSPS) is 15.0. The third-order valence-electron chi connectivity index (χ3n) is 2.92. The van der Waals surface area contributed by atoms with Crippen LogP contribution in [-0.2, 0) is 4.74 Å². The number of anilines is 1. The fourth-order valence-corrected chi connectivity index (χ4v) is 1.91. The molecule has 1 aliphatic heterocycles. The third-order valence-corrected chi connectivity index (χ3v) is 2.92. The van der Waals surface area contributed by atoms with E-state index in [1.807, 2.05) is 26.8 Å². The summed E-state index contributed by atoms with van der Waals surface area (Å²) in [4.78, 5) is 13.4. The second-order valence-electron chi connectivity index (χ2n) is 5.99. The van der Waals surface area contributed by atoms with Crippen molar-refractivity contribution in [2.45, 2.75) is 32.5 Å². The highest BCUT2D eigenvalue weighted by molar-refractivity contribution is 5.69. The first-order valence-electron chi connectivity index (χ1n) is 6.73. The molecule has 0 aromatic heterocycles. The lowest BCUT2D eigenvalue weighted by Gasteiger charge is -2.39. The Morgan fingerprint density at radius 1 is 1.43 bits per heavy atom. The fourth-order valence-electron chi connectivity index (χ4n) is 1.91. The van der Waals surface area contributed by atoms with Gasteiger partial charge in [0.15, 0.2) is 0 Å². The van der Waals surface area contributed by atoms with Crippen molar-refractivity contribution in [2.75, 3.05) is 18.8 Å². The second-order valence-corrected chi connectivity index (χ2v) is 5.99. The standard InChI is InChI=1S/C15H19N3O3/c1-15(2,3)21-14(19)18-8-12(9-18)20-13-5-4-11(17)6-10(13)7-16/h4-6,12H,8-9,17H2,1-3H3. The van der Waals surface area contributed by atoms with Gasteiger partial charge in [-0.2, -0.15) is 5.26 Å². The van der Waals surface area contributed by atoms with Crippen LogP contribution in [0.25, 0.3) is 0 Å². The molecule has 0 radical (unpaired) electrons. The van der Waals surface area contributed by atoms with Crippen molar-refractivity contribution in [2.24, 2.45) is 0 Å². The average Bonchev–Trinajstić information content (AvgIpc) is 2.32. The van der Waals surface area contributed by atoms with Gasteiger partial charge in [0.1, 0.15) is 23.5 Å². The lowest BCUT2D eigenvalue weighted by molar-refractivity contribution is -0.0222. The summed E-state index contributed by atoms with van der Waals surface area (Å²) in [6.45, 7) is 6.37. The number of nitrogens with two attached hydrogens (primary N) is 1. The fraction of sp³-hybridized carbons (Fsp3) is 0.467. The summed E-state index contributed by atoms with van der Waals surface area (Å²) < 4.78 is 11.0. The van der Waals surface area contributed by atoms with E-state index in [0.717, 1.165) is 0 Å². The number of hydrogen-bond acceptors (Lipinski definition) is 5. The molecule has 1 aromatic rings. The van der Waals surface area contributed by atoms with Crippen LogP contribution in [0.4, 0.5) is 10.5 Å². The summed E-state index contributed by atoms with van der Waals surface area (Å²) in [5.41, 5.74) is 6.03. The van der Waals surface area contributed by atoms with Crippen LogP contribution < -0.4 is 10.5 Å². The summed E-state index contributed by atoms with van der Waals surface area (Å²) in [7, 11) is 0. The molecule has 0 unspecified atom stereocenters. The molecular formula is C15H19N3O3. The van der Waals surface area contributed by atoms with Gasteiger partial charge in [0, 0.05) is 5.69 Å². The number of benzene rings is 1. The number of carbonyl (C=O) groups excluding carboxylic acids is 1. The molecule has 1 heterocycles. The highest BCUT2D eigenvalue weighted by atomic mass is 16.6. The van der Waals surface area contributed by atoms with Crippen molar-refractivity contribution in [1.29, 1.82) is 5.26 Å². The maximum atomic E-state index is 11.8. The van der Waals surface area contributed by atoms with E-state index in [-0.39, 0.29) is 12.2 Å². The largest absolute Gasteiger partial charge is 0.485 e. The van der Waals surface area contributed by atoms with Crippen LogP contribution in [0.5, 0.6) is 5.75 Å². The van der Waals surface area contributed by atoms with E-state index in [0.29, 0.717) is 30.1 Å². The van der Waals surface area contributed by atoms with Crippen LogP contribution in [-0.4, -0.2) is 35.8 Å². The molecule has 0 bridgehead atoms. The molecule has 6 heteroatoms. The predicted molar refractivity (Wildman–Crippen MR) is 77.8 cm³/mol. The van der Waals surface area contributed by atoms with Gasteiger partial charge in [0.05, 0.1) is 18.7 Å². The number of hydrogen-bond donors (Lipinski definition) is 1. The zero-order valence-electron chi connectivity index (χ0n) is 12.4. The zero-order chi connectivity index (χ0) is 15.6. The van der Waals surface area contributed by atoms with Gasteiger partial charge in [0.25, 0.3) is 0 Å². The smallest absolute Gasteiger partial charge is 0.410 e. The quantitative estimate of drug-likeness (QED) is 0.843. The first kappa shape index (κ1) is 15.0. The van der Waals surface area contributed by atoms with Crippen LogP contribution in [0.15, 0.2) is 18.2 Å². The molecule has 21 heavy (non-hydrogen) atoms. The molecule has 0 aliphatic carbocycles. The Kier molecular flexibility index (Phi) is 3.94. The molecule has 2 N–H and O–H groups in total. The average molecular weight is 289 g/mol. The van der Waals surface area contributed by atoms with Crippen LogP contribution in [0.3, 0.4) is 0 Å². The summed E-state index contributed by atoms with van der Waals surface area (Å²) in [5.74, 6) is 0.487. The molecule has 1 fully saturated rings. The van der Waals surface area contributed by atoms with Crippen molar-refractivity contribution in [3.05, 3.63) is 23.8 Å². The minimum absolute atomic E-state index is 0.131. The first-order valence-corrected chi connectivity index (χ1v) is 6.73. The van der Waals surface area contributed by atoms with Crippen LogP contribution in [0, 0.1) is 11.3 Å². The second kappa shape index (κ2) is 5.52. The highest BCUT2D eigenvalue weighted by Gasteiger charge is 2.35. The molecular weight excluding hydrogens is 270 g/mol. The molecule has 0 atom stereocenters. The van der Waals surface area contributed by atoms with Crippen molar-refractivity contribution >= 4 is 11.8 Å². The zero-order valence-corrected chi connectivity index (χ0v) is 12.4. The number of ether oxygens (including phenoxy) is 2. The Labute approximate surface area is 124 Å². The van der Waals surface area contributed by atoms with E-state index in [1.54, 1.807) is 23.1 Å². The van der Waals surface area contributed by atoms with Crippen LogP contribution in [0.1, 0.15) is 26.3 Å². The molecule has 2 rings (SSSR count). The molecule has 0 saturated carbocycles. The van der Waals surface area contributed by atoms with Crippen molar-refractivity contribution in [3.63, 3.8) is 0 Å². The van der Waals surface area contributed by atoms with Crippen LogP contribution >= 0.6 is 0 Å². The summed E-state index contributed by atoms with van der Waals surface area (Å²) in [6.07, 6.45) is -0.478. The maximum absolute atomic E-state index is 11.8. The van der Waals surface area contributed by atoms with E-state index in [4.69, 9.17) is 20.5 Å².